The van der Waals surface area contributed by atoms with E-state index in [4.69, 9.17) is 0 Å². The van der Waals surface area contributed by atoms with Gasteiger partial charge in [-0.2, -0.15) is 0 Å². The molecule has 2 amide bonds. The molecule has 0 unspecified atom stereocenters. The summed E-state index contributed by atoms with van der Waals surface area (Å²) in [4.78, 5) is 25.9. The Balaban J connectivity index is 1.93. The van der Waals surface area contributed by atoms with Crippen molar-refractivity contribution in [3.63, 3.8) is 0 Å². The van der Waals surface area contributed by atoms with Crippen LogP contribution >= 0.6 is 0 Å². The van der Waals surface area contributed by atoms with Gasteiger partial charge >= 0.3 is 0 Å². The number of nitrogens with zero attached hydrogens (tertiary/aromatic N) is 1. The fourth-order valence-corrected chi connectivity index (χ4v) is 4.95. The van der Waals surface area contributed by atoms with Crippen LogP contribution in [0.2, 0.25) is 0 Å². The van der Waals surface area contributed by atoms with Crippen molar-refractivity contribution in [3.8, 4) is 0 Å². The fraction of sp³-hybridized carbons (Fsp3) is 0.286. The van der Waals surface area contributed by atoms with Gasteiger partial charge in [-0.25, -0.2) is 8.42 Å². The van der Waals surface area contributed by atoms with Crippen LogP contribution in [0.25, 0.3) is 0 Å². The van der Waals surface area contributed by atoms with Gasteiger partial charge in [0, 0.05) is 6.54 Å². The lowest BCUT2D eigenvalue weighted by Crippen LogP contribution is -2.38. The first kappa shape index (κ1) is 26.9. The summed E-state index contributed by atoms with van der Waals surface area (Å²) in [6, 6.07) is 18.4. The van der Waals surface area contributed by atoms with Crippen LogP contribution in [0.4, 0.5) is 11.4 Å². The molecule has 3 aromatic rings. The number of aryl methyl sites for hydroxylation is 3. The second-order valence-corrected chi connectivity index (χ2v) is 11.2. The summed E-state index contributed by atoms with van der Waals surface area (Å²) >= 11 is 0. The van der Waals surface area contributed by atoms with E-state index in [1.165, 1.54) is 12.1 Å². The average molecular weight is 508 g/mol. The molecule has 0 aliphatic carbocycles. The van der Waals surface area contributed by atoms with E-state index >= 15 is 0 Å². The SMILES string of the molecule is Cc1ccc(S(=O)(=O)N(CC(=O)Nc2ccccc2C(=O)NCC(C)C)c2ccc(C)c(C)c2)cc1. The van der Waals surface area contributed by atoms with Crippen molar-refractivity contribution >= 4 is 33.2 Å². The third-order valence-corrected chi connectivity index (χ3v) is 7.58. The molecule has 7 nitrogen and oxygen atoms in total. The van der Waals surface area contributed by atoms with E-state index in [0.717, 1.165) is 21.0 Å². The Kier molecular flexibility index (Phi) is 8.53. The smallest absolute Gasteiger partial charge is 0.264 e. The molecule has 2 N–H and O–H groups in total. The van der Waals surface area contributed by atoms with Gasteiger partial charge in [-0.05, 0) is 74.2 Å². The van der Waals surface area contributed by atoms with Crippen LogP contribution in [0, 0.1) is 26.7 Å². The zero-order valence-electron chi connectivity index (χ0n) is 21.3. The first-order chi connectivity index (χ1) is 17.0. The van der Waals surface area contributed by atoms with Gasteiger partial charge in [0.05, 0.1) is 21.8 Å². The molecule has 3 aromatic carbocycles. The lowest BCUT2D eigenvalue weighted by Gasteiger charge is -2.25. The molecule has 0 bridgehead atoms. The number of sulfonamides is 1. The summed E-state index contributed by atoms with van der Waals surface area (Å²) in [5.41, 5.74) is 3.86. The molecule has 0 atom stereocenters. The molecule has 3 rings (SSSR count). The van der Waals surface area contributed by atoms with E-state index < -0.39 is 22.5 Å². The second-order valence-electron chi connectivity index (χ2n) is 9.29. The molecule has 0 saturated heterocycles. The van der Waals surface area contributed by atoms with E-state index in [1.807, 2.05) is 40.7 Å². The van der Waals surface area contributed by atoms with Crippen LogP contribution < -0.4 is 14.9 Å². The maximum atomic E-state index is 13.6. The molecule has 0 aliphatic heterocycles. The van der Waals surface area contributed by atoms with E-state index in [2.05, 4.69) is 10.6 Å². The molecule has 0 aliphatic rings. The predicted molar refractivity (Wildman–Crippen MR) is 144 cm³/mol. The van der Waals surface area contributed by atoms with Gasteiger partial charge < -0.3 is 10.6 Å². The first-order valence-electron chi connectivity index (χ1n) is 11.8. The van der Waals surface area contributed by atoms with Crippen molar-refractivity contribution in [2.45, 2.75) is 39.5 Å². The molecule has 0 fully saturated rings. The molecule has 190 valence electrons. The van der Waals surface area contributed by atoms with Crippen LogP contribution in [-0.2, 0) is 14.8 Å². The topological polar surface area (TPSA) is 95.6 Å². The molecule has 0 radical (unpaired) electrons. The van der Waals surface area contributed by atoms with Crippen molar-refractivity contribution in [2.24, 2.45) is 5.92 Å². The van der Waals surface area contributed by atoms with Crippen molar-refractivity contribution in [3.05, 3.63) is 89.0 Å². The predicted octanol–water partition coefficient (Wildman–Crippen LogP) is 4.83. The molecule has 0 spiro atoms. The summed E-state index contributed by atoms with van der Waals surface area (Å²) in [5, 5.41) is 5.58. The Bertz CT molecular complexity index is 1350. The molecule has 0 aromatic heterocycles. The number of carbonyl (C=O) groups excluding carboxylic acids is 2. The van der Waals surface area contributed by atoms with Crippen LogP contribution in [-0.4, -0.2) is 33.3 Å². The lowest BCUT2D eigenvalue weighted by molar-refractivity contribution is -0.114. The van der Waals surface area contributed by atoms with Crippen LogP contribution in [0.5, 0.6) is 0 Å². The van der Waals surface area contributed by atoms with E-state index in [9.17, 15) is 18.0 Å². The number of rotatable bonds is 9. The number of hydrogen-bond acceptors (Lipinski definition) is 4. The number of hydrogen-bond donors (Lipinski definition) is 2. The van der Waals surface area contributed by atoms with E-state index in [-0.39, 0.29) is 16.7 Å². The number of benzene rings is 3. The van der Waals surface area contributed by atoms with Gasteiger partial charge in [0.25, 0.3) is 15.9 Å². The quantitative estimate of drug-likeness (QED) is 0.434. The maximum absolute atomic E-state index is 13.6. The number of para-hydroxylation sites is 1. The van der Waals surface area contributed by atoms with Crippen molar-refractivity contribution in [2.75, 3.05) is 22.7 Å². The molecule has 0 heterocycles. The van der Waals surface area contributed by atoms with Gasteiger partial charge in [-0.1, -0.05) is 49.7 Å². The summed E-state index contributed by atoms with van der Waals surface area (Å²) in [7, 11) is -4.04. The largest absolute Gasteiger partial charge is 0.352 e. The highest BCUT2D eigenvalue weighted by Gasteiger charge is 2.28. The Morgan fingerprint density at radius 3 is 2.19 bits per heavy atom. The number of carbonyl (C=O) groups is 2. The zero-order chi connectivity index (χ0) is 26.5. The highest BCUT2D eigenvalue weighted by Crippen LogP contribution is 2.26. The monoisotopic (exact) mass is 507 g/mol. The number of nitrogens with one attached hydrogen (secondary N) is 2. The molecule has 36 heavy (non-hydrogen) atoms. The minimum absolute atomic E-state index is 0.0904. The highest BCUT2D eigenvalue weighted by atomic mass is 32.2. The third-order valence-electron chi connectivity index (χ3n) is 5.79. The maximum Gasteiger partial charge on any atom is 0.264 e. The summed E-state index contributed by atoms with van der Waals surface area (Å²) in [5.74, 6) is -0.597. The van der Waals surface area contributed by atoms with Gasteiger partial charge in [0.15, 0.2) is 0 Å². The van der Waals surface area contributed by atoms with E-state index in [1.54, 1.807) is 48.5 Å². The Labute approximate surface area is 213 Å². The molecule has 0 saturated carbocycles. The van der Waals surface area contributed by atoms with Gasteiger partial charge in [0.1, 0.15) is 6.54 Å². The zero-order valence-corrected chi connectivity index (χ0v) is 22.1. The number of anilines is 2. The summed E-state index contributed by atoms with van der Waals surface area (Å²) < 4.78 is 28.4. The Hall–Kier alpha value is -3.65. The number of amides is 2. The van der Waals surface area contributed by atoms with Gasteiger partial charge in [-0.3, -0.25) is 13.9 Å². The lowest BCUT2D eigenvalue weighted by atomic mass is 10.1. The minimum Gasteiger partial charge on any atom is -0.352 e. The van der Waals surface area contributed by atoms with Crippen LogP contribution in [0.1, 0.15) is 40.9 Å². The molecular weight excluding hydrogens is 474 g/mol. The van der Waals surface area contributed by atoms with Crippen molar-refractivity contribution in [1.82, 2.24) is 5.32 Å². The Morgan fingerprint density at radius 1 is 0.889 bits per heavy atom. The van der Waals surface area contributed by atoms with Crippen LogP contribution in [0.15, 0.2) is 71.6 Å². The fourth-order valence-electron chi connectivity index (χ4n) is 3.54. The summed E-state index contributed by atoms with van der Waals surface area (Å²) in [6.07, 6.45) is 0. The van der Waals surface area contributed by atoms with Crippen molar-refractivity contribution < 1.29 is 18.0 Å². The standard InChI is InChI=1S/C28H33N3O4S/c1-19(2)17-29-28(33)25-8-6-7-9-26(25)30-27(32)18-31(23-13-12-21(4)22(5)16-23)36(34,35)24-14-10-20(3)11-15-24/h6-16,19H,17-18H2,1-5H3,(H,29,33)(H,30,32). The molecule has 8 heteroatoms. The van der Waals surface area contributed by atoms with Crippen molar-refractivity contribution in [1.29, 1.82) is 0 Å². The molecular formula is C28H33N3O4S. The average Bonchev–Trinajstić information content (AvgIpc) is 2.83. The first-order valence-corrected chi connectivity index (χ1v) is 13.3. The highest BCUT2D eigenvalue weighted by molar-refractivity contribution is 7.92. The summed E-state index contributed by atoms with van der Waals surface area (Å²) in [6.45, 7) is 9.72. The third kappa shape index (κ3) is 6.51. The van der Waals surface area contributed by atoms with Gasteiger partial charge in [0.2, 0.25) is 5.91 Å². The van der Waals surface area contributed by atoms with E-state index in [0.29, 0.717) is 23.5 Å². The van der Waals surface area contributed by atoms with Gasteiger partial charge in [-0.15, -0.1) is 0 Å². The normalized spacial score (nSPS) is 11.3. The second kappa shape index (κ2) is 11.4. The van der Waals surface area contributed by atoms with Crippen LogP contribution in [0.3, 0.4) is 0 Å². The minimum atomic E-state index is -4.04. The Morgan fingerprint density at radius 2 is 1.56 bits per heavy atom.